The average molecular weight is 393 g/mol. The van der Waals surface area contributed by atoms with Crippen molar-refractivity contribution in [2.45, 2.75) is 6.92 Å². The SMILES string of the molecule is Cc1cc(NC(=O)COc2ccc([N+](=O)[O-])cc2C=O)ccc1Br. The molecule has 0 saturated heterocycles. The number of ether oxygens (including phenoxy) is 1. The number of halogens is 1. The van der Waals surface area contributed by atoms with Crippen LogP contribution in [0.1, 0.15) is 15.9 Å². The van der Waals surface area contributed by atoms with E-state index in [1.165, 1.54) is 12.1 Å². The van der Waals surface area contributed by atoms with Crippen molar-refractivity contribution < 1.29 is 19.2 Å². The highest BCUT2D eigenvalue weighted by molar-refractivity contribution is 9.10. The average Bonchev–Trinajstić information content (AvgIpc) is 2.56. The number of nitro groups is 1. The van der Waals surface area contributed by atoms with Gasteiger partial charge in [-0.2, -0.15) is 0 Å². The maximum Gasteiger partial charge on any atom is 0.270 e. The monoisotopic (exact) mass is 392 g/mol. The molecule has 0 fully saturated rings. The van der Waals surface area contributed by atoms with Crippen LogP contribution in [-0.4, -0.2) is 23.7 Å². The molecule has 0 aromatic heterocycles. The molecule has 0 bridgehead atoms. The molecule has 2 aromatic rings. The van der Waals surface area contributed by atoms with Crippen molar-refractivity contribution in [2.24, 2.45) is 0 Å². The summed E-state index contributed by atoms with van der Waals surface area (Å²) in [7, 11) is 0. The van der Waals surface area contributed by atoms with Crippen molar-refractivity contribution in [2.75, 3.05) is 11.9 Å². The third kappa shape index (κ3) is 4.39. The van der Waals surface area contributed by atoms with Gasteiger partial charge in [-0.05, 0) is 36.8 Å². The van der Waals surface area contributed by atoms with Crippen LogP contribution in [0.2, 0.25) is 0 Å². The molecular formula is C16H13BrN2O5. The fourth-order valence-corrected chi connectivity index (χ4v) is 2.18. The summed E-state index contributed by atoms with van der Waals surface area (Å²) in [5.74, 6) is -0.301. The Hall–Kier alpha value is -2.74. The van der Waals surface area contributed by atoms with Gasteiger partial charge in [0.1, 0.15) is 5.75 Å². The Labute approximate surface area is 145 Å². The number of anilines is 1. The van der Waals surface area contributed by atoms with Gasteiger partial charge in [-0.1, -0.05) is 15.9 Å². The second kappa shape index (κ2) is 7.69. The first-order valence-electron chi connectivity index (χ1n) is 6.83. The number of nitrogens with one attached hydrogen (secondary N) is 1. The lowest BCUT2D eigenvalue weighted by Crippen LogP contribution is -2.20. The minimum Gasteiger partial charge on any atom is -0.483 e. The third-order valence-corrected chi connectivity index (χ3v) is 4.02. The summed E-state index contributed by atoms with van der Waals surface area (Å²) >= 11 is 3.37. The van der Waals surface area contributed by atoms with Crippen LogP contribution >= 0.6 is 15.9 Å². The van der Waals surface area contributed by atoms with Crippen molar-refractivity contribution >= 4 is 39.5 Å². The molecule has 2 rings (SSSR count). The van der Waals surface area contributed by atoms with Crippen molar-refractivity contribution in [3.05, 3.63) is 62.1 Å². The lowest BCUT2D eigenvalue weighted by Gasteiger charge is -2.10. The smallest absolute Gasteiger partial charge is 0.270 e. The molecule has 0 aliphatic heterocycles. The molecule has 0 unspecified atom stereocenters. The summed E-state index contributed by atoms with van der Waals surface area (Å²) < 4.78 is 6.20. The first-order chi connectivity index (χ1) is 11.4. The minimum absolute atomic E-state index is 0.0106. The zero-order valence-corrected chi connectivity index (χ0v) is 14.2. The topological polar surface area (TPSA) is 98.5 Å². The molecule has 0 radical (unpaired) electrons. The van der Waals surface area contributed by atoms with E-state index in [2.05, 4.69) is 21.2 Å². The van der Waals surface area contributed by atoms with Crippen LogP contribution in [0.5, 0.6) is 5.75 Å². The molecule has 8 heteroatoms. The lowest BCUT2D eigenvalue weighted by atomic mass is 10.2. The number of nitro benzene ring substituents is 1. The Balaban J connectivity index is 2.02. The van der Waals surface area contributed by atoms with Gasteiger partial charge in [0.15, 0.2) is 12.9 Å². The van der Waals surface area contributed by atoms with E-state index in [0.29, 0.717) is 12.0 Å². The highest BCUT2D eigenvalue weighted by Crippen LogP contribution is 2.23. The summed E-state index contributed by atoms with van der Waals surface area (Å²) in [6.07, 6.45) is 0.443. The Bertz CT molecular complexity index is 807. The first kappa shape index (κ1) is 17.6. The molecule has 0 atom stereocenters. The number of hydrogen-bond acceptors (Lipinski definition) is 5. The quantitative estimate of drug-likeness (QED) is 0.460. The molecule has 0 spiro atoms. The number of rotatable bonds is 6. The van der Waals surface area contributed by atoms with E-state index in [9.17, 15) is 19.7 Å². The predicted molar refractivity (Wildman–Crippen MR) is 91.5 cm³/mol. The Morgan fingerprint density at radius 3 is 2.71 bits per heavy atom. The van der Waals surface area contributed by atoms with Gasteiger partial charge < -0.3 is 10.1 Å². The van der Waals surface area contributed by atoms with Crippen molar-refractivity contribution in [3.8, 4) is 5.75 Å². The van der Waals surface area contributed by atoms with Crippen LogP contribution in [0.3, 0.4) is 0 Å². The largest absolute Gasteiger partial charge is 0.483 e. The number of carbonyl (C=O) groups is 2. The van der Waals surface area contributed by atoms with Crippen LogP contribution in [-0.2, 0) is 4.79 Å². The zero-order valence-electron chi connectivity index (χ0n) is 12.6. The van der Waals surface area contributed by atoms with Gasteiger partial charge in [0, 0.05) is 22.3 Å². The lowest BCUT2D eigenvalue weighted by molar-refractivity contribution is -0.384. The predicted octanol–water partition coefficient (Wildman–Crippen LogP) is 3.50. The molecule has 1 N–H and O–H groups in total. The van der Waals surface area contributed by atoms with Gasteiger partial charge in [0.2, 0.25) is 0 Å². The van der Waals surface area contributed by atoms with Gasteiger partial charge in [-0.25, -0.2) is 0 Å². The highest BCUT2D eigenvalue weighted by atomic mass is 79.9. The maximum absolute atomic E-state index is 11.9. The van der Waals surface area contributed by atoms with E-state index >= 15 is 0 Å². The number of non-ortho nitro benzene ring substituents is 1. The summed E-state index contributed by atoms with van der Waals surface area (Å²) in [6.45, 7) is 1.57. The number of amides is 1. The van der Waals surface area contributed by atoms with Crippen LogP contribution < -0.4 is 10.1 Å². The minimum atomic E-state index is -0.612. The van der Waals surface area contributed by atoms with Gasteiger partial charge in [-0.15, -0.1) is 0 Å². The number of nitrogens with zero attached hydrogens (tertiary/aromatic N) is 1. The molecule has 0 heterocycles. The van der Waals surface area contributed by atoms with Crippen molar-refractivity contribution in [1.29, 1.82) is 0 Å². The molecular weight excluding hydrogens is 380 g/mol. The van der Waals surface area contributed by atoms with Crippen LogP contribution in [0, 0.1) is 17.0 Å². The molecule has 124 valence electrons. The number of benzene rings is 2. The second-order valence-electron chi connectivity index (χ2n) is 4.90. The molecule has 0 aliphatic carbocycles. The van der Waals surface area contributed by atoms with E-state index in [0.717, 1.165) is 16.1 Å². The van der Waals surface area contributed by atoms with E-state index in [1.807, 2.05) is 13.0 Å². The summed E-state index contributed by atoms with van der Waals surface area (Å²) in [5.41, 5.74) is 1.37. The summed E-state index contributed by atoms with van der Waals surface area (Å²) in [4.78, 5) is 33.0. The van der Waals surface area contributed by atoms with Crippen molar-refractivity contribution in [3.63, 3.8) is 0 Å². The Kier molecular flexibility index (Phi) is 5.64. The fourth-order valence-electron chi connectivity index (χ4n) is 1.94. The molecule has 24 heavy (non-hydrogen) atoms. The molecule has 2 aromatic carbocycles. The maximum atomic E-state index is 11.9. The van der Waals surface area contributed by atoms with Crippen molar-refractivity contribution in [1.82, 2.24) is 0 Å². The standard InChI is InChI=1S/C16H13BrN2O5/c1-10-6-12(2-4-14(10)17)18-16(21)9-24-15-5-3-13(19(22)23)7-11(15)8-20/h2-8H,9H2,1H3,(H,18,21). The number of carbonyl (C=O) groups excluding carboxylic acids is 2. The normalized spacial score (nSPS) is 10.1. The summed E-state index contributed by atoms with van der Waals surface area (Å²) in [6, 6.07) is 8.94. The van der Waals surface area contributed by atoms with Gasteiger partial charge >= 0.3 is 0 Å². The number of aldehydes is 1. The van der Waals surface area contributed by atoms with E-state index in [4.69, 9.17) is 4.74 Å². The molecule has 1 amide bonds. The fraction of sp³-hybridized carbons (Fsp3) is 0.125. The summed E-state index contributed by atoms with van der Waals surface area (Å²) in [5, 5.41) is 13.3. The molecule has 0 aliphatic rings. The van der Waals surface area contributed by atoms with E-state index < -0.39 is 10.8 Å². The first-order valence-corrected chi connectivity index (χ1v) is 7.62. The molecule has 0 saturated carbocycles. The zero-order chi connectivity index (χ0) is 17.7. The van der Waals surface area contributed by atoms with Crippen LogP contribution in [0.25, 0.3) is 0 Å². The van der Waals surface area contributed by atoms with Gasteiger partial charge in [0.25, 0.3) is 11.6 Å². The van der Waals surface area contributed by atoms with E-state index in [-0.39, 0.29) is 23.6 Å². The second-order valence-corrected chi connectivity index (χ2v) is 5.75. The Morgan fingerprint density at radius 2 is 2.08 bits per heavy atom. The Morgan fingerprint density at radius 1 is 1.33 bits per heavy atom. The van der Waals surface area contributed by atoms with Crippen LogP contribution in [0.4, 0.5) is 11.4 Å². The highest BCUT2D eigenvalue weighted by Gasteiger charge is 2.13. The van der Waals surface area contributed by atoms with Crippen LogP contribution in [0.15, 0.2) is 40.9 Å². The van der Waals surface area contributed by atoms with Gasteiger partial charge in [-0.3, -0.25) is 19.7 Å². The molecule has 7 nitrogen and oxygen atoms in total. The number of aryl methyl sites for hydroxylation is 1. The van der Waals surface area contributed by atoms with E-state index in [1.54, 1.807) is 12.1 Å². The van der Waals surface area contributed by atoms with Gasteiger partial charge in [0.05, 0.1) is 10.5 Å². The third-order valence-electron chi connectivity index (χ3n) is 3.13. The number of hydrogen-bond donors (Lipinski definition) is 1.